The normalized spacial score (nSPS) is 18.1. The van der Waals surface area contributed by atoms with Crippen molar-refractivity contribution >= 4 is 29.6 Å². The Labute approximate surface area is 178 Å². The third-order valence-electron chi connectivity index (χ3n) is 5.00. The highest BCUT2D eigenvalue weighted by atomic mass is 16.5. The molecule has 1 fully saturated rings. The van der Waals surface area contributed by atoms with E-state index in [0.717, 1.165) is 0 Å². The van der Waals surface area contributed by atoms with Crippen LogP contribution in [0.2, 0.25) is 0 Å². The summed E-state index contributed by atoms with van der Waals surface area (Å²) in [6, 6.07) is 5.61. The highest BCUT2D eigenvalue weighted by molar-refractivity contribution is 6.07. The van der Waals surface area contributed by atoms with E-state index in [9.17, 15) is 19.2 Å². The predicted octanol–water partition coefficient (Wildman–Crippen LogP) is 1.28. The van der Waals surface area contributed by atoms with E-state index in [2.05, 4.69) is 20.6 Å². The van der Waals surface area contributed by atoms with Gasteiger partial charge in [-0.25, -0.2) is 4.98 Å². The van der Waals surface area contributed by atoms with Crippen molar-refractivity contribution in [2.24, 2.45) is 0 Å². The van der Waals surface area contributed by atoms with Crippen LogP contribution in [0.4, 0.5) is 5.95 Å². The van der Waals surface area contributed by atoms with Gasteiger partial charge in [-0.15, -0.1) is 0 Å². The third kappa shape index (κ3) is 4.23. The molecular formula is C21H21N5O5. The summed E-state index contributed by atoms with van der Waals surface area (Å²) in [6.07, 6.45) is 1.88. The van der Waals surface area contributed by atoms with Gasteiger partial charge in [-0.2, -0.15) is 4.98 Å². The van der Waals surface area contributed by atoms with E-state index in [0.29, 0.717) is 22.6 Å². The fraction of sp³-hybridized carbons (Fsp3) is 0.333. The zero-order chi connectivity index (χ0) is 22.1. The summed E-state index contributed by atoms with van der Waals surface area (Å²) >= 11 is 0. The monoisotopic (exact) mass is 423 g/mol. The number of nitrogens with one attached hydrogen (secondary N) is 2. The van der Waals surface area contributed by atoms with Crippen LogP contribution in [-0.4, -0.2) is 50.6 Å². The van der Waals surface area contributed by atoms with Crippen LogP contribution >= 0.6 is 0 Å². The number of rotatable bonds is 5. The van der Waals surface area contributed by atoms with Crippen LogP contribution in [0, 0.1) is 0 Å². The second-order valence-electron chi connectivity index (χ2n) is 7.61. The molecular weight excluding hydrogens is 402 g/mol. The van der Waals surface area contributed by atoms with Crippen molar-refractivity contribution in [2.75, 3.05) is 5.32 Å². The number of hydrogen-bond donors (Lipinski definition) is 2. The Morgan fingerprint density at radius 1 is 1.26 bits per heavy atom. The largest absolute Gasteiger partial charge is 0.475 e. The number of aromatic nitrogens is 2. The molecule has 1 saturated heterocycles. The van der Waals surface area contributed by atoms with Gasteiger partial charge in [0, 0.05) is 36.4 Å². The smallest absolute Gasteiger partial charge is 0.258 e. The summed E-state index contributed by atoms with van der Waals surface area (Å²) in [5.41, 5.74) is 1.40. The topological polar surface area (TPSA) is 131 Å². The van der Waals surface area contributed by atoms with Crippen LogP contribution in [0.3, 0.4) is 0 Å². The van der Waals surface area contributed by atoms with Gasteiger partial charge in [0.1, 0.15) is 6.04 Å². The van der Waals surface area contributed by atoms with Gasteiger partial charge < -0.3 is 9.64 Å². The Hall–Kier alpha value is -3.82. The van der Waals surface area contributed by atoms with Crippen LogP contribution in [0.5, 0.6) is 5.88 Å². The molecule has 0 radical (unpaired) electrons. The highest BCUT2D eigenvalue weighted by Crippen LogP contribution is 2.28. The minimum atomic E-state index is -0.702. The lowest BCUT2D eigenvalue weighted by Crippen LogP contribution is -2.52. The quantitative estimate of drug-likeness (QED) is 0.693. The second-order valence-corrected chi connectivity index (χ2v) is 7.61. The van der Waals surface area contributed by atoms with Crippen molar-refractivity contribution < 1.29 is 23.9 Å². The molecule has 1 aromatic carbocycles. The van der Waals surface area contributed by atoms with Gasteiger partial charge in [0.25, 0.3) is 11.8 Å². The molecule has 2 aliphatic heterocycles. The molecule has 2 aromatic rings. The lowest BCUT2D eigenvalue weighted by molar-refractivity contribution is -0.136. The zero-order valence-electron chi connectivity index (χ0n) is 17.0. The van der Waals surface area contributed by atoms with Crippen molar-refractivity contribution in [3.05, 3.63) is 47.2 Å². The van der Waals surface area contributed by atoms with Gasteiger partial charge >= 0.3 is 0 Å². The van der Waals surface area contributed by atoms with Crippen LogP contribution in [-0.2, 0) is 16.1 Å². The van der Waals surface area contributed by atoms with E-state index in [1.807, 2.05) is 13.8 Å². The molecule has 31 heavy (non-hydrogen) atoms. The number of anilines is 1. The van der Waals surface area contributed by atoms with Gasteiger partial charge in [-0.1, -0.05) is 0 Å². The van der Waals surface area contributed by atoms with Gasteiger partial charge in [-0.05, 0) is 44.0 Å². The lowest BCUT2D eigenvalue weighted by atomic mass is 10.0. The van der Waals surface area contributed by atoms with E-state index < -0.39 is 17.9 Å². The molecule has 4 amide bonds. The second kappa shape index (κ2) is 8.13. The molecule has 1 unspecified atom stereocenters. The Morgan fingerprint density at radius 2 is 2.06 bits per heavy atom. The van der Waals surface area contributed by atoms with Crippen molar-refractivity contribution in [1.82, 2.24) is 20.2 Å². The predicted molar refractivity (Wildman–Crippen MR) is 108 cm³/mol. The number of fused-ring (bicyclic) bond motifs is 1. The number of hydrogen-bond acceptors (Lipinski definition) is 7. The molecule has 3 heterocycles. The Bertz CT molecular complexity index is 1080. The van der Waals surface area contributed by atoms with E-state index in [1.165, 1.54) is 17.2 Å². The van der Waals surface area contributed by atoms with Crippen LogP contribution < -0.4 is 15.4 Å². The summed E-state index contributed by atoms with van der Waals surface area (Å²) in [4.78, 5) is 58.6. The zero-order valence-corrected chi connectivity index (χ0v) is 17.0. The first-order chi connectivity index (χ1) is 14.8. The maximum Gasteiger partial charge on any atom is 0.258 e. The number of piperidine rings is 1. The summed E-state index contributed by atoms with van der Waals surface area (Å²) in [5.74, 6) is -1.09. The maximum atomic E-state index is 12.7. The SMILES string of the molecule is CC(C)Oc1ccnc(NC(=O)c2ccc3c(c2)CN(C2CCC(=O)NC2=O)C3=O)n1. The summed E-state index contributed by atoms with van der Waals surface area (Å²) in [7, 11) is 0. The van der Waals surface area contributed by atoms with E-state index in [1.54, 1.807) is 18.2 Å². The fourth-order valence-corrected chi connectivity index (χ4v) is 3.60. The summed E-state index contributed by atoms with van der Waals surface area (Å²) < 4.78 is 5.50. The summed E-state index contributed by atoms with van der Waals surface area (Å²) in [5, 5.41) is 4.89. The van der Waals surface area contributed by atoms with Crippen molar-refractivity contribution in [3.8, 4) is 5.88 Å². The number of amides is 4. The first-order valence-corrected chi connectivity index (χ1v) is 9.90. The maximum absolute atomic E-state index is 12.7. The van der Waals surface area contributed by atoms with E-state index in [4.69, 9.17) is 4.74 Å². The van der Waals surface area contributed by atoms with Gasteiger partial charge in [0.2, 0.25) is 23.6 Å². The third-order valence-corrected chi connectivity index (χ3v) is 5.00. The number of carbonyl (C=O) groups is 4. The number of ether oxygens (including phenoxy) is 1. The van der Waals surface area contributed by atoms with Crippen LogP contribution in [0.1, 0.15) is 53.0 Å². The highest BCUT2D eigenvalue weighted by Gasteiger charge is 2.39. The van der Waals surface area contributed by atoms with Crippen molar-refractivity contribution in [3.63, 3.8) is 0 Å². The van der Waals surface area contributed by atoms with Gasteiger partial charge in [0.05, 0.1) is 6.10 Å². The number of benzene rings is 1. The molecule has 0 saturated carbocycles. The number of carbonyl (C=O) groups excluding carboxylic acids is 4. The average molecular weight is 423 g/mol. The van der Waals surface area contributed by atoms with Crippen molar-refractivity contribution in [1.29, 1.82) is 0 Å². The standard InChI is InChI=1S/C21H21N5O5/c1-11(2)31-17-7-8-22-21(24-17)25-18(28)12-3-4-14-13(9-12)10-26(20(14)30)15-5-6-16(27)23-19(15)29/h3-4,7-9,11,15H,5-6,10H2,1-2H3,(H,23,27,29)(H,22,24,25,28). The Morgan fingerprint density at radius 3 is 2.81 bits per heavy atom. The molecule has 10 heteroatoms. The number of imide groups is 1. The van der Waals surface area contributed by atoms with Crippen LogP contribution in [0.25, 0.3) is 0 Å². The molecule has 2 N–H and O–H groups in total. The molecule has 4 rings (SSSR count). The Kier molecular flexibility index (Phi) is 5.37. The first-order valence-electron chi connectivity index (χ1n) is 9.90. The number of nitrogens with zero attached hydrogens (tertiary/aromatic N) is 3. The minimum Gasteiger partial charge on any atom is -0.475 e. The molecule has 160 valence electrons. The van der Waals surface area contributed by atoms with E-state index >= 15 is 0 Å². The molecule has 1 aromatic heterocycles. The molecule has 1 atom stereocenters. The fourth-order valence-electron chi connectivity index (χ4n) is 3.60. The molecule has 10 nitrogen and oxygen atoms in total. The van der Waals surface area contributed by atoms with E-state index in [-0.39, 0.29) is 43.3 Å². The molecule has 0 spiro atoms. The first kappa shape index (κ1) is 20.5. The van der Waals surface area contributed by atoms with Gasteiger partial charge in [-0.3, -0.25) is 29.8 Å². The summed E-state index contributed by atoms with van der Waals surface area (Å²) in [6.45, 7) is 3.92. The van der Waals surface area contributed by atoms with Crippen molar-refractivity contribution in [2.45, 2.75) is 45.4 Å². The van der Waals surface area contributed by atoms with Gasteiger partial charge in [0.15, 0.2) is 0 Å². The molecule has 0 aliphatic carbocycles. The average Bonchev–Trinajstić information content (AvgIpc) is 3.03. The minimum absolute atomic E-state index is 0.0694. The lowest BCUT2D eigenvalue weighted by Gasteiger charge is -2.29. The molecule has 2 aliphatic rings. The molecule has 0 bridgehead atoms. The Balaban J connectivity index is 1.49. The van der Waals surface area contributed by atoms with Crippen LogP contribution in [0.15, 0.2) is 30.5 Å².